The number of benzene rings is 1. The van der Waals surface area contributed by atoms with Crippen LogP contribution in [0.4, 0.5) is 0 Å². The van der Waals surface area contributed by atoms with Crippen molar-refractivity contribution in [3.63, 3.8) is 0 Å². The van der Waals surface area contributed by atoms with Gasteiger partial charge in [0.15, 0.2) is 0 Å². The number of aliphatic hydroxyl groups is 1. The molecule has 2 unspecified atom stereocenters. The first-order chi connectivity index (χ1) is 8.22. The Labute approximate surface area is 106 Å². The zero-order valence-electron chi connectivity index (χ0n) is 9.89. The average molecular weight is 244 g/mol. The smallest absolute Gasteiger partial charge is 0.124 e. The summed E-state index contributed by atoms with van der Waals surface area (Å²) in [6.45, 7) is 2.24. The Kier molecular flexibility index (Phi) is 2.57. The van der Waals surface area contributed by atoms with Crippen LogP contribution in [0.2, 0.25) is 0 Å². The van der Waals surface area contributed by atoms with Gasteiger partial charge in [0.25, 0.3) is 0 Å². The molecular weight excluding hydrogens is 228 g/mol. The van der Waals surface area contributed by atoms with Crippen LogP contribution in [0.25, 0.3) is 0 Å². The molecule has 0 amide bonds. The first-order valence-corrected chi connectivity index (χ1v) is 6.95. The first-order valence-electron chi connectivity index (χ1n) is 6.07. The van der Waals surface area contributed by atoms with Gasteiger partial charge in [-0.2, -0.15) is 0 Å². The second kappa shape index (κ2) is 3.97. The maximum Gasteiger partial charge on any atom is 0.124 e. The molecule has 88 valence electrons. The summed E-state index contributed by atoms with van der Waals surface area (Å²) in [7, 11) is 0. The summed E-state index contributed by atoms with van der Waals surface area (Å²) < 4.78 is 0. The predicted molar refractivity (Wildman–Crippen MR) is 71.4 cm³/mol. The van der Waals surface area contributed by atoms with Crippen molar-refractivity contribution >= 4 is 11.3 Å². The molecule has 17 heavy (non-hydrogen) atoms. The average Bonchev–Trinajstić information content (AvgIpc) is 2.89. The molecule has 0 aliphatic heterocycles. The first kappa shape index (κ1) is 11.0. The lowest BCUT2D eigenvalue weighted by Crippen LogP contribution is -2.32. The summed E-state index contributed by atoms with van der Waals surface area (Å²) in [6.07, 6.45) is 1.87. The maximum absolute atomic E-state index is 11.0. The van der Waals surface area contributed by atoms with Crippen LogP contribution >= 0.6 is 11.3 Å². The molecule has 1 heterocycles. The van der Waals surface area contributed by atoms with E-state index in [1.54, 1.807) is 11.3 Å². The Morgan fingerprint density at radius 1 is 1.24 bits per heavy atom. The van der Waals surface area contributed by atoms with Crippen LogP contribution < -0.4 is 0 Å². The normalized spacial score (nSPS) is 27.8. The molecule has 3 rings (SSSR count). The van der Waals surface area contributed by atoms with E-state index in [-0.39, 0.29) is 0 Å². The minimum atomic E-state index is -0.767. The van der Waals surface area contributed by atoms with Crippen molar-refractivity contribution in [2.24, 2.45) is 0 Å². The highest BCUT2D eigenvalue weighted by Gasteiger charge is 2.38. The summed E-state index contributed by atoms with van der Waals surface area (Å²) in [4.78, 5) is 1.07. The summed E-state index contributed by atoms with van der Waals surface area (Å²) >= 11 is 1.64. The van der Waals surface area contributed by atoms with E-state index in [2.05, 4.69) is 25.1 Å². The lowest BCUT2D eigenvalue weighted by Gasteiger charge is -2.36. The van der Waals surface area contributed by atoms with E-state index in [1.165, 1.54) is 5.56 Å². The van der Waals surface area contributed by atoms with Gasteiger partial charge in [-0.1, -0.05) is 37.3 Å². The van der Waals surface area contributed by atoms with Gasteiger partial charge in [0.05, 0.1) is 0 Å². The Morgan fingerprint density at radius 3 is 2.82 bits per heavy atom. The molecule has 1 aliphatic rings. The number of hydrogen-bond acceptors (Lipinski definition) is 2. The standard InChI is InChI=1S/C15H16OS/c1-11-8-9-15(16,14-7-4-10-17-14)13-6-3-2-5-12(11)13/h2-7,10-11,16H,8-9H2,1H3. The Morgan fingerprint density at radius 2 is 2.06 bits per heavy atom. The molecule has 0 fully saturated rings. The molecule has 0 saturated heterocycles. The van der Waals surface area contributed by atoms with E-state index < -0.39 is 5.60 Å². The molecule has 0 bridgehead atoms. The van der Waals surface area contributed by atoms with Crippen molar-refractivity contribution < 1.29 is 5.11 Å². The topological polar surface area (TPSA) is 20.2 Å². The molecule has 0 spiro atoms. The third-order valence-electron chi connectivity index (χ3n) is 3.81. The van der Waals surface area contributed by atoms with Gasteiger partial charge in [0, 0.05) is 4.88 Å². The zero-order chi connectivity index (χ0) is 11.9. The highest BCUT2D eigenvalue weighted by molar-refractivity contribution is 7.10. The van der Waals surface area contributed by atoms with Gasteiger partial charge in [-0.25, -0.2) is 0 Å². The van der Waals surface area contributed by atoms with Crippen molar-refractivity contribution in [2.75, 3.05) is 0 Å². The molecule has 1 aliphatic carbocycles. The van der Waals surface area contributed by atoms with E-state index in [9.17, 15) is 5.11 Å². The number of rotatable bonds is 1. The third-order valence-corrected chi connectivity index (χ3v) is 4.83. The number of thiophene rings is 1. The van der Waals surface area contributed by atoms with E-state index in [0.29, 0.717) is 5.92 Å². The van der Waals surface area contributed by atoms with Gasteiger partial charge < -0.3 is 5.11 Å². The highest BCUT2D eigenvalue weighted by atomic mass is 32.1. The fourth-order valence-electron chi connectivity index (χ4n) is 2.79. The Balaban J connectivity index is 2.18. The number of fused-ring (bicyclic) bond motifs is 1. The van der Waals surface area contributed by atoms with Crippen LogP contribution in [0.15, 0.2) is 41.8 Å². The molecule has 0 radical (unpaired) electrons. The zero-order valence-corrected chi connectivity index (χ0v) is 10.7. The van der Waals surface area contributed by atoms with Gasteiger partial charge in [-0.3, -0.25) is 0 Å². The molecule has 1 aromatic heterocycles. The van der Waals surface area contributed by atoms with Crippen LogP contribution in [-0.2, 0) is 5.60 Å². The van der Waals surface area contributed by atoms with Crippen LogP contribution in [-0.4, -0.2) is 5.11 Å². The van der Waals surface area contributed by atoms with Gasteiger partial charge in [-0.15, -0.1) is 11.3 Å². The van der Waals surface area contributed by atoms with Crippen LogP contribution in [0.5, 0.6) is 0 Å². The van der Waals surface area contributed by atoms with Gasteiger partial charge in [-0.05, 0) is 41.3 Å². The van der Waals surface area contributed by atoms with Crippen molar-refractivity contribution in [1.82, 2.24) is 0 Å². The van der Waals surface area contributed by atoms with E-state index >= 15 is 0 Å². The quantitative estimate of drug-likeness (QED) is 0.807. The molecule has 1 nitrogen and oxygen atoms in total. The van der Waals surface area contributed by atoms with Crippen molar-refractivity contribution in [1.29, 1.82) is 0 Å². The highest BCUT2D eigenvalue weighted by Crippen LogP contribution is 2.46. The molecule has 0 saturated carbocycles. The molecule has 1 N–H and O–H groups in total. The minimum absolute atomic E-state index is 0.548. The molecule has 1 aromatic carbocycles. The maximum atomic E-state index is 11.0. The number of hydrogen-bond donors (Lipinski definition) is 1. The summed E-state index contributed by atoms with van der Waals surface area (Å²) in [5.41, 5.74) is 1.63. The molecule has 2 heteroatoms. The molecular formula is C15H16OS. The molecule has 2 atom stereocenters. The van der Waals surface area contributed by atoms with Crippen LogP contribution in [0.1, 0.15) is 41.7 Å². The monoisotopic (exact) mass is 244 g/mol. The Hall–Kier alpha value is -1.12. The summed E-state index contributed by atoms with van der Waals surface area (Å²) in [5, 5.41) is 13.0. The van der Waals surface area contributed by atoms with Gasteiger partial charge in [0.2, 0.25) is 0 Å². The van der Waals surface area contributed by atoms with E-state index in [1.807, 2.05) is 23.6 Å². The summed E-state index contributed by atoms with van der Waals surface area (Å²) in [5.74, 6) is 0.548. The fraction of sp³-hybridized carbons (Fsp3) is 0.333. The van der Waals surface area contributed by atoms with Gasteiger partial charge >= 0.3 is 0 Å². The predicted octanol–water partition coefficient (Wildman–Crippen LogP) is 3.88. The lowest BCUT2D eigenvalue weighted by molar-refractivity contribution is 0.0616. The van der Waals surface area contributed by atoms with Crippen molar-refractivity contribution in [3.05, 3.63) is 57.8 Å². The van der Waals surface area contributed by atoms with Crippen LogP contribution in [0, 0.1) is 0 Å². The SMILES string of the molecule is CC1CCC(O)(c2cccs2)c2ccccc21. The van der Waals surface area contributed by atoms with Crippen molar-refractivity contribution in [2.45, 2.75) is 31.3 Å². The third kappa shape index (κ3) is 1.63. The molecule has 2 aromatic rings. The lowest BCUT2D eigenvalue weighted by atomic mass is 9.74. The van der Waals surface area contributed by atoms with Gasteiger partial charge in [0.1, 0.15) is 5.60 Å². The van der Waals surface area contributed by atoms with E-state index in [0.717, 1.165) is 23.3 Å². The fourth-order valence-corrected chi connectivity index (χ4v) is 3.66. The minimum Gasteiger partial charge on any atom is -0.380 e. The largest absolute Gasteiger partial charge is 0.380 e. The van der Waals surface area contributed by atoms with Crippen molar-refractivity contribution in [3.8, 4) is 0 Å². The van der Waals surface area contributed by atoms with E-state index in [4.69, 9.17) is 0 Å². The second-order valence-electron chi connectivity index (χ2n) is 4.86. The van der Waals surface area contributed by atoms with Crippen LogP contribution in [0.3, 0.4) is 0 Å². The Bertz CT molecular complexity index is 517. The second-order valence-corrected chi connectivity index (χ2v) is 5.81. The summed E-state index contributed by atoms with van der Waals surface area (Å²) in [6, 6.07) is 12.4.